The predicted octanol–water partition coefficient (Wildman–Crippen LogP) is -1.82. The summed E-state index contributed by atoms with van der Waals surface area (Å²) in [6, 6.07) is -4.95. The molecule has 202 valence electrons. The molecule has 15 heteroatoms. The lowest BCUT2D eigenvalue weighted by molar-refractivity contribution is -0.143. The van der Waals surface area contributed by atoms with E-state index < -0.39 is 60.2 Å². The third-order valence-corrected chi connectivity index (χ3v) is 5.80. The number of aromatic nitrogens is 2. The highest BCUT2D eigenvalue weighted by atomic mass is 32.2. The number of carboxylic acid groups (broad SMARTS) is 2. The van der Waals surface area contributed by atoms with Crippen molar-refractivity contribution in [1.82, 2.24) is 25.9 Å². The summed E-state index contributed by atoms with van der Waals surface area (Å²) in [6.07, 6.45) is 5.43. The largest absolute Gasteiger partial charge is 0.481 e. The number of hydrogen-bond acceptors (Lipinski definition) is 9. The third kappa shape index (κ3) is 11.5. The Morgan fingerprint density at radius 2 is 1.64 bits per heavy atom. The van der Waals surface area contributed by atoms with Crippen LogP contribution in [0.4, 0.5) is 0 Å². The molecular formula is C21H35N7O7S. The molecular weight excluding hydrogens is 494 g/mol. The van der Waals surface area contributed by atoms with E-state index >= 15 is 0 Å². The van der Waals surface area contributed by atoms with Crippen LogP contribution < -0.4 is 27.4 Å². The number of rotatable bonds is 18. The van der Waals surface area contributed by atoms with Gasteiger partial charge < -0.3 is 42.6 Å². The highest BCUT2D eigenvalue weighted by Gasteiger charge is 2.31. The number of aliphatic carboxylic acids is 2. The maximum absolute atomic E-state index is 13.0. The van der Waals surface area contributed by atoms with Gasteiger partial charge in [0.05, 0.1) is 18.8 Å². The molecule has 14 nitrogen and oxygen atoms in total. The first kappa shape index (κ1) is 30.9. The Morgan fingerprint density at radius 1 is 1.00 bits per heavy atom. The van der Waals surface area contributed by atoms with Gasteiger partial charge in [-0.1, -0.05) is 6.42 Å². The molecule has 0 aliphatic rings. The topological polar surface area (TPSA) is 243 Å². The van der Waals surface area contributed by atoms with E-state index in [4.69, 9.17) is 11.5 Å². The van der Waals surface area contributed by atoms with Gasteiger partial charge in [-0.2, -0.15) is 11.8 Å². The van der Waals surface area contributed by atoms with Crippen LogP contribution in [0.5, 0.6) is 0 Å². The van der Waals surface area contributed by atoms with Gasteiger partial charge in [-0.3, -0.25) is 19.2 Å². The minimum atomic E-state index is -1.51. The van der Waals surface area contributed by atoms with Crippen LogP contribution in [0.3, 0.4) is 0 Å². The second-order valence-electron chi connectivity index (χ2n) is 8.07. The average molecular weight is 530 g/mol. The van der Waals surface area contributed by atoms with Crippen molar-refractivity contribution in [2.24, 2.45) is 11.5 Å². The van der Waals surface area contributed by atoms with Gasteiger partial charge in [-0.15, -0.1) is 0 Å². The summed E-state index contributed by atoms with van der Waals surface area (Å²) in [5.74, 6) is -4.55. The molecule has 0 radical (unpaired) electrons. The number of imidazole rings is 1. The molecule has 1 rings (SSSR count). The van der Waals surface area contributed by atoms with Crippen molar-refractivity contribution in [3.63, 3.8) is 0 Å². The molecule has 0 aliphatic heterocycles. The summed E-state index contributed by atoms with van der Waals surface area (Å²) in [6.45, 7) is 0.429. The molecule has 3 amide bonds. The van der Waals surface area contributed by atoms with Gasteiger partial charge >= 0.3 is 11.9 Å². The van der Waals surface area contributed by atoms with Crippen molar-refractivity contribution < 1.29 is 34.2 Å². The van der Waals surface area contributed by atoms with Gasteiger partial charge in [0.2, 0.25) is 17.7 Å². The van der Waals surface area contributed by atoms with Gasteiger partial charge in [-0.25, -0.2) is 9.78 Å². The fourth-order valence-electron chi connectivity index (χ4n) is 3.17. The van der Waals surface area contributed by atoms with Crippen molar-refractivity contribution >= 4 is 41.4 Å². The minimum Gasteiger partial charge on any atom is -0.481 e. The lowest BCUT2D eigenvalue weighted by Crippen LogP contribution is -2.58. The summed E-state index contributed by atoms with van der Waals surface area (Å²) in [5, 5.41) is 25.8. The fraction of sp³-hybridized carbons (Fsp3) is 0.619. The van der Waals surface area contributed by atoms with E-state index in [1.54, 1.807) is 6.26 Å². The highest BCUT2D eigenvalue weighted by molar-refractivity contribution is 7.98. The number of H-pyrrole nitrogens is 1. The molecule has 1 heterocycles. The van der Waals surface area contributed by atoms with E-state index in [1.165, 1.54) is 24.3 Å². The molecule has 0 aromatic carbocycles. The van der Waals surface area contributed by atoms with Crippen molar-refractivity contribution in [2.45, 2.75) is 62.7 Å². The van der Waals surface area contributed by atoms with Crippen LogP contribution in [-0.4, -0.2) is 92.6 Å². The zero-order valence-electron chi connectivity index (χ0n) is 20.1. The Morgan fingerprint density at radius 3 is 2.19 bits per heavy atom. The van der Waals surface area contributed by atoms with E-state index in [0.717, 1.165) is 0 Å². The van der Waals surface area contributed by atoms with E-state index in [0.29, 0.717) is 37.3 Å². The first-order valence-corrected chi connectivity index (χ1v) is 12.8. The second-order valence-corrected chi connectivity index (χ2v) is 9.06. The number of carbonyl (C=O) groups excluding carboxylic acids is 3. The summed E-state index contributed by atoms with van der Waals surface area (Å²) in [7, 11) is 0. The number of hydrogen-bond donors (Lipinski definition) is 8. The minimum absolute atomic E-state index is 0.0845. The van der Waals surface area contributed by atoms with E-state index in [1.807, 2.05) is 0 Å². The van der Waals surface area contributed by atoms with Crippen LogP contribution in [0.15, 0.2) is 12.5 Å². The van der Waals surface area contributed by atoms with Crippen LogP contribution >= 0.6 is 11.8 Å². The summed E-state index contributed by atoms with van der Waals surface area (Å²) >= 11 is 1.41. The van der Waals surface area contributed by atoms with Gasteiger partial charge in [-0.05, 0) is 37.8 Å². The quantitative estimate of drug-likeness (QED) is 0.0983. The Balaban J connectivity index is 3.00. The molecule has 0 bridgehead atoms. The van der Waals surface area contributed by atoms with Crippen LogP contribution in [0.1, 0.15) is 37.8 Å². The van der Waals surface area contributed by atoms with Crippen LogP contribution in [0, 0.1) is 0 Å². The lowest BCUT2D eigenvalue weighted by atomic mass is 10.1. The molecule has 1 aromatic rings. The number of carboxylic acids is 2. The summed E-state index contributed by atoms with van der Waals surface area (Å²) in [4.78, 5) is 67.9. The number of aromatic amines is 1. The van der Waals surface area contributed by atoms with Crippen LogP contribution in [0.2, 0.25) is 0 Å². The lowest BCUT2D eigenvalue weighted by Gasteiger charge is -2.24. The Labute approximate surface area is 212 Å². The average Bonchev–Trinajstić information content (AvgIpc) is 3.33. The molecule has 0 fully saturated rings. The van der Waals surface area contributed by atoms with Crippen molar-refractivity contribution in [2.75, 3.05) is 18.6 Å². The zero-order valence-corrected chi connectivity index (χ0v) is 20.9. The fourth-order valence-corrected chi connectivity index (χ4v) is 3.64. The van der Waals surface area contributed by atoms with Gasteiger partial charge in [0.25, 0.3) is 0 Å². The number of amides is 3. The Kier molecular flexibility index (Phi) is 14.1. The number of thioether (sulfide) groups is 1. The number of nitrogens with two attached hydrogens (primary N) is 2. The van der Waals surface area contributed by atoms with Crippen molar-refractivity contribution in [1.29, 1.82) is 0 Å². The molecule has 0 aliphatic carbocycles. The molecule has 36 heavy (non-hydrogen) atoms. The first-order chi connectivity index (χ1) is 17.1. The smallest absolute Gasteiger partial charge is 0.326 e. The number of nitrogens with zero attached hydrogens (tertiary/aromatic N) is 1. The first-order valence-electron chi connectivity index (χ1n) is 11.4. The number of unbranched alkanes of at least 4 members (excludes halogenated alkanes) is 1. The van der Waals surface area contributed by atoms with Gasteiger partial charge in [0.15, 0.2) is 0 Å². The van der Waals surface area contributed by atoms with Crippen LogP contribution in [-0.2, 0) is 30.4 Å². The third-order valence-electron chi connectivity index (χ3n) is 5.15. The second kappa shape index (κ2) is 16.5. The monoisotopic (exact) mass is 529 g/mol. The molecule has 0 spiro atoms. The Bertz CT molecular complexity index is 869. The standard InChI is InChI=1S/C21H35N7O7S/c1-36-7-5-14(21(34)35)26-19(32)15(8-12-10-24-11-25-12)28-20(33)16(9-17(29)30)27-18(31)13(23)4-2-3-6-22/h10-11,13-16H,2-9,22-23H2,1H3,(H,24,25)(H,26,32)(H,27,31)(H,28,33)(H,29,30)(H,34,35). The van der Waals surface area contributed by atoms with Crippen molar-refractivity contribution in [3.05, 3.63) is 18.2 Å². The highest BCUT2D eigenvalue weighted by Crippen LogP contribution is 2.06. The maximum Gasteiger partial charge on any atom is 0.326 e. The predicted molar refractivity (Wildman–Crippen MR) is 132 cm³/mol. The molecule has 4 atom stereocenters. The van der Waals surface area contributed by atoms with Gasteiger partial charge in [0, 0.05) is 18.3 Å². The summed E-state index contributed by atoms with van der Waals surface area (Å²) < 4.78 is 0. The molecule has 0 saturated carbocycles. The van der Waals surface area contributed by atoms with E-state index in [-0.39, 0.29) is 12.8 Å². The SMILES string of the molecule is CSCCC(NC(=O)C(Cc1cnc[nH]1)NC(=O)C(CC(=O)O)NC(=O)C(N)CCCCN)C(=O)O. The molecule has 4 unspecified atom stereocenters. The Hall–Kier alpha value is -3.17. The zero-order chi connectivity index (χ0) is 27.1. The van der Waals surface area contributed by atoms with Gasteiger partial charge in [0.1, 0.15) is 18.1 Å². The van der Waals surface area contributed by atoms with Crippen molar-refractivity contribution in [3.8, 4) is 0 Å². The van der Waals surface area contributed by atoms with Crippen LogP contribution in [0.25, 0.3) is 0 Å². The molecule has 1 aromatic heterocycles. The molecule has 10 N–H and O–H groups in total. The number of carbonyl (C=O) groups is 5. The van der Waals surface area contributed by atoms with E-state index in [2.05, 4.69) is 25.9 Å². The maximum atomic E-state index is 13.0. The summed E-state index contributed by atoms with van der Waals surface area (Å²) in [5.41, 5.74) is 11.7. The number of nitrogens with one attached hydrogen (secondary N) is 4. The molecule has 0 saturated heterocycles. The van der Waals surface area contributed by atoms with E-state index in [9.17, 15) is 34.2 Å². The normalized spacial score (nSPS) is 14.2.